The highest BCUT2D eigenvalue weighted by Gasteiger charge is 2.24. The van der Waals surface area contributed by atoms with Crippen LogP contribution in [0.25, 0.3) is 16.5 Å². The third-order valence-corrected chi connectivity index (χ3v) is 8.05. The summed E-state index contributed by atoms with van der Waals surface area (Å²) in [5, 5.41) is 8.37. The summed E-state index contributed by atoms with van der Waals surface area (Å²) < 4.78 is 46.0. The molecule has 0 saturated heterocycles. The number of anilines is 1. The number of hydrogen-bond acceptors (Lipinski definition) is 8. The van der Waals surface area contributed by atoms with Crippen LogP contribution in [0.5, 0.6) is 0 Å². The number of hydrogen-bond donors (Lipinski definition) is 1. The van der Waals surface area contributed by atoms with Gasteiger partial charge in [0.25, 0.3) is 11.5 Å². The molecule has 1 amide bonds. The number of nitrogens with zero attached hydrogens (tertiary/aromatic N) is 3. The second-order valence-corrected chi connectivity index (χ2v) is 10.9. The maximum absolute atomic E-state index is 14.5. The van der Waals surface area contributed by atoms with Crippen molar-refractivity contribution in [3.63, 3.8) is 0 Å². The number of ether oxygens (including phenoxy) is 1. The molecule has 4 rings (SSSR count). The summed E-state index contributed by atoms with van der Waals surface area (Å²) in [5.74, 6) is -2.17. The summed E-state index contributed by atoms with van der Waals surface area (Å²) in [6.45, 7) is 1.66. The number of thiophene rings is 1. The number of benzene rings is 2. The molecule has 0 radical (unpaired) electrons. The Morgan fingerprint density at radius 1 is 1.14 bits per heavy atom. The number of aromatic nitrogens is 2. The molecule has 0 bridgehead atoms. The first-order valence-electron chi connectivity index (χ1n) is 10.9. The molecule has 0 unspecified atom stereocenters. The number of carbonyl (C=O) groups excluding carboxylic acids is 2. The Morgan fingerprint density at radius 3 is 2.43 bits per heavy atom. The zero-order valence-corrected chi connectivity index (χ0v) is 21.5. The van der Waals surface area contributed by atoms with Crippen molar-refractivity contribution in [3.8, 4) is 5.69 Å². The van der Waals surface area contributed by atoms with E-state index in [0.717, 1.165) is 26.4 Å². The van der Waals surface area contributed by atoms with Gasteiger partial charge in [-0.1, -0.05) is 12.1 Å². The first kappa shape index (κ1) is 26.1. The summed E-state index contributed by atoms with van der Waals surface area (Å²) in [6.07, 6.45) is 0. The van der Waals surface area contributed by atoms with Crippen molar-refractivity contribution in [2.24, 2.45) is 0 Å². The van der Waals surface area contributed by atoms with E-state index >= 15 is 0 Å². The lowest BCUT2D eigenvalue weighted by Crippen LogP contribution is -2.26. The van der Waals surface area contributed by atoms with Crippen LogP contribution in [0, 0.1) is 5.82 Å². The van der Waals surface area contributed by atoms with E-state index in [9.17, 15) is 27.2 Å². The van der Waals surface area contributed by atoms with Crippen molar-refractivity contribution in [1.82, 2.24) is 14.1 Å². The van der Waals surface area contributed by atoms with Gasteiger partial charge < -0.3 is 10.1 Å². The maximum Gasteiger partial charge on any atom is 0.359 e. The fourth-order valence-corrected chi connectivity index (χ4v) is 5.28. The van der Waals surface area contributed by atoms with Crippen LogP contribution in [-0.2, 0) is 14.8 Å². The van der Waals surface area contributed by atoms with E-state index in [1.165, 1.54) is 61.9 Å². The maximum atomic E-state index is 14.5. The molecule has 0 aliphatic rings. The Labute approximate surface area is 215 Å². The average Bonchev–Trinajstić information content (AvgIpc) is 3.29. The van der Waals surface area contributed by atoms with Gasteiger partial charge in [-0.3, -0.25) is 9.59 Å². The third kappa shape index (κ3) is 4.88. The molecule has 0 fully saturated rings. The van der Waals surface area contributed by atoms with Crippen molar-refractivity contribution in [2.75, 3.05) is 26.0 Å². The van der Waals surface area contributed by atoms with Crippen LogP contribution in [0.15, 0.2) is 63.6 Å². The van der Waals surface area contributed by atoms with Crippen molar-refractivity contribution >= 4 is 49.0 Å². The van der Waals surface area contributed by atoms with E-state index in [2.05, 4.69) is 10.4 Å². The molecule has 37 heavy (non-hydrogen) atoms. The molecule has 192 valence electrons. The van der Waals surface area contributed by atoms with Gasteiger partial charge in [-0.25, -0.2) is 21.9 Å². The Morgan fingerprint density at radius 2 is 1.81 bits per heavy atom. The summed E-state index contributed by atoms with van der Waals surface area (Å²) in [6, 6.07) is 10.7. The number of carbonyl (C=O) groups is 2. The van der Waals surface area contributed by atoms with E-state index in [-0.39, 0.29) is 44.2 Å². The predicted octanol–water partition coefficient (Wildman–Crippen LogP) is 3.27. The smallest absolute Gasteiger partial charge is 0.359 e. The van der Waals surface area contributed by atoms with Crippen molar-refractivity contribution < 1.29 is 27.1 Å². The molecule has 2 aromatic heterocycles. The molecule has 1 N–H and O–H groups in total. The van der Waals surface area contributed by atoms with Crippen molar-refractivity contribution in [2.45, 2.75) is 11.8 Å². The topological polar surface area (TPSA) is 128 Å². The molecule has 0 saturated carbocycles. The van der Waals surface area contributed by atoms with Gasteiger partial charge in [-0.2, -0.15) is 9.78 Å². The lowest BCUT2D eigenvalue weighted by Gasteiger charge is -2.12. The average molecular weight is 545 g/mol. The zero-order chi connectivity index (χ0) is 26.9. The number of fused-ring (bicyclic) bond motifs is 1. The second kappa shape index (κ2) is 10.2. The lowest BCUT2D eigenvalue weighted by atomic mass is 10.2. The number of para-hydroxylation sites is 1. The Bertz CT molecular complexity index is 1680. The van der Waals surface area contributed by atoms with Gasteiger partial charge in [-0.15, -0.1) is 11.3 Å². The molecule has 2 heterocycles. The molecular weight excluding hydrogens is 523 g/mol. The normalized spacial score (nSPS) is 11.6. The SMILES string of the molecule is CCOC(=O)c1nn(-c2ccccc2F)c(=O)c2c(NC(=O)c3ccc(S(=O)(=O)N(C)C)cc3)scc12. The fourth-order valence-electron chi connectivity index (χ4n) is 3.44. The van der Waals surface area contributed by atoms with Crippen LogP contribution in [0.2, 0.25) is 0 Å². The molecule has 13 heteroatoms. The van der Waals surface area contributed by atoms with Gasteiger partial charge in [0.15, 0.2) is 5.69 Å². The van der Waals surface area contributed by atoms with Gasteiger partial charge in [0, 0.05) is 30.4 Å². The van der Waals surface area contributed by atoms with Gasteiger partial charge >= 0.3 is 5.97 Å². The number of nitrogens with one attached hydrogen (secondary N) is 1. The minimum absolute atomic E-state index is 0.00792. The highest BCUT2D eigenvalue weighted by molar-refractivity contribution is 7.89. The van der Waals surface area contributed by atoms with Crippen LogP contribution < -0.4 is 10.9 Å². The summed E-state index contributed by atoms with van der Waals surface area (Å²) in [5.41, 5.74) is -1.01. The Balaban J connectivity index is 1.80. The molecule has 0 atom stereocenters. The molecule has 4 aromatic rings. The third-order valence-electron chi connectivity index (χ3n) is 5.32. The molecule has 0 aliphatic carbocycles. The van der Waals surface area contributed by atoms with E-state index in [4.69, 9.17) is 4.74 Å². The molecular formula is C24H21FN4O6S2. The van der Waals surface area contributed by atoms with Gasteiger partial charge in [-0.05, 0) is 43.3 Å². The minimum atomic E-state index is -3.68. The van der Waals surface area contributed by atoms with Gasteiger partial charge in [0.2, 0.25) is 10.0 Å². The van der Waals surface area contributed by atoms with Crippen LogP contribution in [-0.4, -0.2) is 55.1 Å². The highest BCUT2D eigenvalue weighted by atomic mass is 32.2. The first-order chi connectivity index (χ1) is 17.6. The predicted molar refractivity (Wildman–Crippen MR) is 136 cm³/mol. The van der Waals surface area contributed by atoms with Gasteiger partial charge in [0.1, 0.15) is 16.5 Å². The number of sulfonamides is 1. The molecule has 10 nitrogen and oxygen atoms in total. The van der Waals surface area contributed by atoms with Crippen LogP contribution in [0.4, 0.5) is 9.39 Å². The largest absolute Gasteiger partial charge is 0.461 e. The summed E-state index contributed by atoms with van der Waals surface area (Å²) in [4.78, 5) is 39.0. The van der Waals surface area contributed by atoms with E-state index in [1.54, 1.807) is 6.92 Å². The quantitative estimate of drug-likeness (QED) is 0.354. The fraction of sp³-hybridized carbons (Fsp3) is 0.167. The standard InChI is InChI=1S/C24H21FN4O6S2/c1-4-35-24(32)20-16-13-36-22(19(16)23(31)29(27-20)18-8-6-5-7-17(18)25)26-21(30)14-9-11-15(12-10-14)37(33,34)28(2)3/h5-13H,4H2,1-3H3,(H,26,30). The molecule has 0 aliphatic heterocycles. The zero-order valence-electron chi connectivity index (χ0n) is 19.9. The van der Waals surface area contributed by atoms with Crippen molar-refractivity contribution in [3.05, 3.63) is 81.3 Å². The number of esters is 1. The summed E-state index contributed by atoms with van der Waals surface area (Å²) in [7, 11) is -0.889. The Kier molecular flexibility index (Phi) is 7.21. The Hall–Kier alpha value is -3.94. The monoisotopic (exact) mass is 544 g/mol. The number of halogens is 1. The van der Waals surface area contributed by atoms with E-state index in [0.29, 0.717) is 0 Å². The van der Waals surface area contributed by atoms with Gasteiger partial charge in [0.05, 0.1) is 16.9 Å². The number of rotatable bonds is 7. The number of amides is 1. The van der Waals surface area contributed by atoms with Crippen LogP contribution >= 0.6 is 11.3 Å². The van der Waals surface area contributed by atoms with Crippen molar-refractivity contribution in [1.29, 1.82) is 0 Å². The molecule has 0 spiro atoms. The van der Waals surface area contributed by atoms with E-state index < -0.39 is 33.3 Å². The first-order valence-corrected chi connectivity index (χ1v) is 13.2. The van der Waals surface area contributed by atoms with E-state index in [1.807, 2.05) is 0 Å². The van der Waals surface area contributed by atoms with Crippen LogP contribution in [0.1, 0.15) is 27.8 Å². The summed E-state index contributed by atoms with van der Waals surface area (Å²) >= 11 is 0.980. The minimum Gasteiger partial charge on any atom is -0.461 e. The van der Waals surface area contributed by atoms with Crippen LogP contribution in [0.3, 0.4) is 0 Å². The highest BCUT2D eigenvalue weighted by Crippen LogP contribution is 2.31. The lowest BCUT2D eigenvalue weighted by molar-refractivity contribution is 0.0519. The second-order valence-electron chi connectivity index (χ2n) is 7.86. The molecule has 2 aromatic carbocycles.